The van der Waals surface area contributed by atoms with Crippen molar-refractivity contribution in [2.75, 3.05) is 50.5 Å². The summed E-state index contributed by atoms with van der Waals surface area (Å²) in [5, 5.41) is 17.2. The van der Waals surface area contributed by atoms with E-state index in [0.29, 0.717) is 31.2 Å². The Labute approximate surface area is 229 Å². The zero-order chi connectivity index (χ0) is 27.6. The highest BCUT2D eigenvalue weighted by Gasteiger charge is 2.22. The van der Waals surface area contributed by atoms with Gasteiger partial charge < -0.3 is 25.4 Å². The van der Waals surface area contributed by atoms with Gasteiger partial charge in [-0.2, -0.15) is 0 Å². The Morgan fingerprint density at radius 3 is 2.85 bits per heavy atom. The summed E-state index contributed by atoms with van der Waals surface area (Å²) in [5.41, 5.74) is 3.08. The molecule has 9 nitrogen and oxygen atoms in total. The molecule has 0 aliphatic carbocycles. The fourth-order valence-electron chi connectivity index (χ4n) is 4.99. The van der Waals surface area contributed by atoms with Crippen LogP contribution in [0, 0.1) is 6.92 Å². The molecule has 0 amide bonds. The van der Waals surface area contributed by atoms with Gasteiger partial charge in [-0.25, -0.2) is 24.1 Å². The second-order valence-corrected chi connectivity index (χ2v) is 10.1. The number of halogens is 1. The molecule has 0 bridgehead atoms. The molecular weight excluding hydrogens is 499 g/mol. The highest BCUT2D eigenvalue weighted by atomic mass is 19.1. The number of pyridine rings is 1. The Hall–Kier alpha value is -3.37. The Morgan fingerprint density at radius 2 is 2.03 bits per heavy atom. The molecule has 0 radical (unpaired) electrons. The van der Waals surface area contributed by atoms with Crippen LogP contribution in [0.3, 0.4) is 0 Å². The Bertz CT molecular complexity index is 1240. The summed E-state index contributed by atoms with van der Waals surface area (Å²) in [5.74, 6) is 1.08. The van der Waals surface area contributed by atoms with Gasteiger partial charge in [0.05, 0.1) is 12.1 Å². The third kappa shape index (κ3) is 8.31. The number of fused-ring (bicyclic) bond motifs is 2. The molecule has 1 aliphatic heterocycles. The van der Waals surface area contributed by atoms with Crippen LogP contribution in [-0.4, -0.2) is 83.0 Å². The largest absolute Gasteiger partial charge is 0.480 e. The lowest BCUT2D eigenvalue weighted by molar-refractivity contribution is -0.138. The van der Waals surface area contributed by atoms with Crippen molar-refractivity contribution in [1.29, 1.82) is 0 Å². The molecule has 3 N–H and O–H groups in total. The van der Waals surface area contributed by atoms with E-state index in [1.807, 2.05) is 29.2 Å². The van der Waals surface area contributed by atoms with Gasteiger partial charge in [0.25, 0.3) is 0 Å². The molecule has 39 heavy (non-hydrogen) atoms. The number of carboxylic acid groups (broad SMARTS) is 1. The molecule has 2 atom stereocenters. The van der Waals surface area contributed by atoms with Gasteiger partial charge in [-0.15, -0.1) is 0 Å². The van der Waals surface area contributed by atoms with Crippen molar-refractivity contribution in [2.45, 2.75) is 57.7 Å². The molecule has 3 aromatic rings. The van der Waals surface area contributed by atoms with Crippen LogP contribution in [-0.2, 0) is 22.4 Å². The van der Waals surface area contributed by atoms with Crippen molar-refractivity contribution in [3.05, 3.63) is 53.5 Å². The summed E-state index contributed by atoms with van der Waals surface area (Å²) in [4.78, 5) is 27.8. The fourth-order valence-corrected chi connectivity index (χ4v) is 4.99. The first kappa shape index (κ1) is 28.6. The van der Waals surface area contributed by atoms with Crippen molar-refractivity contribution in [2.24, 2.45) is 0 Å². The Kier molecular flexibility index (Phi) is 10.4. The predicted molar refractivity (Wildman–Crippen MR) is 151 cm³/mol. The molecule has 1 aromatic carbocycles. The zero-order valence-electron chi connectivity index (χ0n) is 22.8. The van der Waals surface area contributed by atoms with E-state index in [0.717, 1.165) is 61.1 Å². The van der Waals surface area contributed by atoms with Gasteiger partial charge in [0.2, 0.25) is 0 Å². The summed E-state index contributed by atoms with van der Waals surface area (Å²) in [7, 11) is 1.48. The molecule has 210 valence electrons. The molecule has 4 rings (SSSR count). The number of benzene rings is 1. The number of nitrogens with zero attached hydrogens (tertiary/aromatic N) is 4. The Balaban J connectivity index is 1.35. The van der Waals surface area contributed by atoms with E-state index < -0.39 is 18.2 Å². The summed E-state index contributed by atoms with van der Waals surface area (Å²) in [6.45, 7) is 4.03. The summed E-state index contributed by atoms with van der Waals surface area (Å²) >= 11 is 0. The number of carbonyl (C=O) groups is 1. The average Bonchev–Trinajstić information content (AvgIpc) is 2.92. The predicted octanol–water partition coefficient (Wildman–Crippen LogP) is 4.26. The molecular formula is C29H39FN6O3. The molecule has 0 saturated heterocycles. The van der Waals surface area contributed by atoms with Crippen molar-refractivity contribution < 1.29 is 19.0 Å². The zero-order valence-corrected chi connectivity index (χ0v) is 22.8. The standard InChI is InChI=1S/C29H39FN6O3/c1-20-32-25-11-4-3-10-24(25)28(33-20)35-26(29(37)38)14-17-36(18-22(30)19-39-2)16-6-5-9-23-13-12-21-8-7-15-31-27(21)34-23/h3-4,10-13,22,26H,5-9,14-19H2,1-2H3,(H,31,34)(H,37,38)(H,32,33,35). The molecule has 0 saturated carbocycles. The number of alkyl halides is 1. The number of para-hydroxylation sites is 1. The third-order valence-electron chi connectivity index (χ3n) is 6.97. The lowest BCUT2D eigenvalue weighted by Gasteiger charge is -2.26. The monoisotopic (exact) mass is 538 g/mol. The molecule has 10 heteroatoms. The van der Waals surface area contributed by atoms with Gasteiger partial charge in [0.1, 0.15) is 29.7 Å². The average molecular weight is 539 g/mol. The molecule has 1 aliphatic rings. The maximum atomic E-state index is 14.5. The number of aryl methyl sites for hydroxylation is 3. The van der Waals surface area contributed by atoms with E-state index >= 15 is 0 Å². The minimum absolute atomic E-state index is 0.00928. The van der Waals surface area contributed by atoms with E-state index in [9.17, 15) is 14.3 Å². The minimum Gasteiger partial charge on any atom is -0.480 e. The Morgan fingerprint density at radius 1 is 1.18 bits per heavy atom. The summed E-state index contributed by atoms with van der Waals surface area (Å²) in [6.07, 6.45) is 3.96. The van der Waals surface area contributed by atoms with Gasteiger partial charge >= 0.3 is 5.97 Å². The molecule has 2 unspecified atom stereocenters. The van der Waals surface area contributed by atoms with E-state index in [-0.39, 0.29) is 13.2 Å². The third-order valence-corrected chi connectivity index (χ3v) is 6.97. The molecule has 0 spiro atoms. The SMILES string of the molecule is COCC(F)CN(CCCCc1ccc2c(n1)NCCC2)CCC(Nc1nc(C)nc2ccccc12)C(=O)O. The number of unbranched alkanes of at least 4 members (excludes halogenated alkanes) is 1. The van der Waals surface area contributed by atoms with Crippen LogP contribution in [0.5, 0.6) is 0 Å². The van der Waals surface area contributed by atoms with E-state index in [4.69, 9.17) is 9.72 Å². The van der Waals surface area contributed by atoms with Gasteiger partial charge in [0.15, 0.2) is 0 Å². The van der Waals surface area contributed by atoms with Crippen molar-refractivity contribution in [3.8, 4) is 0 Å². The van der Waals surface area contributed by atoms with Crippen molar-refractivity contribution in [1.82, 2.24) is 19.9 Å². The number of aromatic nitrogens is 3. The summed E-state index contributed by atoms with van der Waals surface area (Å²) in [6, 6.07) is 10.9. The minimum atomic E-state index is -1.15. The normalized spacial score (nSPS) is 14.6. The van der Waals surface area contributed by atoms with Gasteiger partial charge in [-0.1, -0.05) is 18.2 Å². The topological polar surface area (TPSA) is 113 Å². The van der Waals surface area contributed by atoms with Gasteiger partial charge in [0, 0.05) is 37.8 Å². The quantitative estimate of drug-likeness (QED) is 0.244. The lowest BCUT2D eigenvalue weighted by atomic mass is 10.1. The van der Waals surface area contributed by atoms with E-state index in [2.05, 4.69) is 32.7 Å². The summed E-state index contributed by atoms with van der Waals surface area (Å²) < 4.78 is 19.5. The van der Waals surface area contributed by atoms with Crippen molar-refractivity contribution in [3.63, 3.8) is 0 Å². The van der Waals surface area contributed by atoms with Crippen LogP contribution >= 0.6 is 0 Å². The molecule has 0 fully saturated rings. The number of hydrogen-bond donors (Lipinski definition) is 3. The van der Waals surface area contributed by atoms with E-state index in [1.54, 1.807) is 6.92 Å². The number of aliphatic carboxylic acids is 1. The van der Waals surface area contributed by atoms with Crippen LogP contribution in [0.4, 0.5) is 16.0 Å². The number of hydrogen-bond acceptors (Lipinski definition) is 8. The number of anilines is 2. The molecule has 3 heterocycles. The smallest absolute Gasteiger partial charge is 0.326 e. The lowest BCUT2D eigenvalue weighted by Crippen LogP contribution is -2.39. The second-order valence-electron chi connectivity index (χ2n) is 10.1. The van der Waals surface area contributed by atoms with Crippen LogP contribution < -0.4 is 10.6 Å². The highest BCUT2D eigenvalue weighted by molar-refractivity contribution is 5.90. The number of methoxy groups -OCH3 is 1. The highest BCUT2D eigenvalue weighted by Crippen LogP contribution is 2.22. The number of rotatable bonds is 15. The van der Waals surface area contributed by atoms with Crippen LogP contribution in [0.25, 0.3) is 10.9 Å². The molecule has 2 aromatic heterocycles. The van der Waals surface area contributed by atoms with Crippen LogP contribution in [0.15, 0.2) is 36.4 Å². The number of carboxylic acids is 1. The van der Waals surface area contributed by atoms with Crippen molar-refractivity contribution >= 4 is 28.5 Å². The first-order valence-electron chi connectivity index (χ1n) is 13.7. The number of ether oxygens (including phenoxy) is 1. The first-order valence-corrected chi connectivity index (χ1v) is 13.7. The van der Waals surface area contributed by atoms with Gasteiger partial charge in [-0.05, 0) is 75.8 Å². The maximum Gasteiger partial charge on any atom is 0.326 e. The van der Waals surface area contributed by atoms with Crippen LogP contribution in [0.2, 0.25) is 0 Å². The van der Waals surface area contributed by atoms with E-state index in [1.165, 1.54) is 12.7 Å². The second kappa shape index (κ2) is 14.1. The first-order chi connectivity index (χ1) is 18.9. The van der Waals surface area contributed by atoms with Gasteiger partial charge in [-0.3, -0.25) is 0 Å². The number of nitrogens with one attached hydrogen (secondary N) is 2. The van der Waals surface area contributed by atoms with Crippen LogP contribution in [0.1, 0.15) is 42.8 Å². The maximum absolute atomic E-state index is 14.5. The fraction of sp³-hybridized carbons (Fsp3) is 0.517.